The van der Waals surface area contributed by atoms with E-state index in [-0.39, 0.29) is 11.8 Å². The Morgan fingerprint density at radius 2 is 1.71 bits per heavy atom. The molecule has 7 nitrogen and oxygen atoms in total. The quantitative estimate of drug-likeness (QED) is 0.591. The number of rotatable bonds is 6. The number of carbonyl (C=O) groups is 2. The van der Waals surface area contributed by atoms with E-state index in [0.717, 1.165) is 22.4 Å². The van der Waals surface area contributed by atoms with Crippen molar-refractivity contribution in [3.05, 3.63) is 89.6 Å². The number of fused-ring (bicyclic) bond motifs is 2. The number of anilines is 1. The Hall–Kier alpha value is -4.26. The summed E-state index contributed by atoms with van der Waals surface area (Å²) in [5.41, 5.74) is 3.61. The second kappa shape index (κ2) is 8.94. The SMILES string of the molecule is COc1ccc(C2=CN3C(=O)c4cc(OC)c(OCc5ccccc5)cc4NC(=O)[C@@H]3C2)cc1. The highest BCUT2D eigenvalue weighted by Gasteiger charge is 2.39. The highest BCUT2D eigenvalue weighted by Crippen LogP contribution is 2.39. The van der Waals surface area contributed by atoms with E-state index in [0.29, 0.717) is 35.8 Å². The zero-order chi connectivity index (χ0) is 23.7. The van der Waals surface area contributed by atoms with Crippen LogP contribution in [0.4, 0.5) is 5.69 Å². The van der Waals surface area contributed by atoms with Gasteiger partial charge in [0.15, 0.2) is 11.5 Å². The van der Waals surface area contributed by atoms with Gasteiger partial charge in [-0.1, -0.05) is 42.5 Å². The lowest BCUT2D eigenvalue weighted by Crippen LogP contribution is -2.38. The minimum absolute atomic E-state index is 0.244. The van der Waals surface area contributed by atoms with Crippen LogP contribution in [0.3, 0.4) is 0 Å². The second-order valence-corrected chi connectivity index (χ2v) is 8.13. The summed E-state index contributed by atoms with van der Waals surface area (Å²) < 4.78 is 16.7. The Bertz CT molecular complexity index is 1270. The number of nitrogens with one attached hydrogen (secondary N) is 1. The number of hydrogen-bond acceptors (Lipinski definition) is 5. The van der Waals surface area contributed by atoms with E-state index in [1.165, 1.54) is 12.0 Å². The molecular formula is C27H24N2O5. The van der Waals surface area contributed by atoms with Crippen LogP contribution in [0.25, 0.3) is 5.57 Å². The van der Waals surface area contributed by atoms with Crippen molar-refractivity contribution >= 4 is 23.1 Å². The molecule has 0 unspecified atom stereocenters. The average molecular weight is 456 g/mol. The van der Waals surface area contributed by atoms with E-state index in [1.54, 1.807) is 25.4 Å². The molecule has 0 radical (unpaired) electrons. The minimum atomic E-state index is -0.628. The fraction of sp³-hybridized carbons (Fsp3) is 0.185. The van der Waals surface area contributed by atoms with E-state index >= 15 is 0 Å². The number of hydrogen-bond donors (Lipinski definition) is 1. The molecule has 1 atom stereocenters. The van der Waals surface area contributed by atoms with Crippen molar-refractivity contribution in [2.24, 2.45) is 0 Å². The fourth-order valence-electron chi connectivity index (χ4n) is 4.24. The van der Waals surface area contributed by atoms with Gasteiger partial charge in [-0.3, -0.25) is 9.59 Å². The molecule has 0 aliphatic carbocycles. The molecule has 2 heterocycles. The summed E-state index contributed by atoms with van der Waals surface area (Å²) in [7, 11) is 3.14. The van der Waals surface area contributed by atoms with E-state index in [1.807, 2.05) is 54.6 Å². The lowest BCUT2D eigenvalue weighted by atomic mass is 10.0. The van der Waals surface area contributed by atoms with E-state index in [4.69, 9.17) is 14.2 Å². The smallest absolute Gasteiger partial charge is 0.260 e. The third-order valence-electron chi connectivity index (χ3n) is 6.07. The van der Waals surface area contributed by atoms with Crippen LogP contribution in [0.2, 0.25) is 0 Å². The molecule has 2 amide bonds. The molecule has 34 heavy (non-hydrogen) atoms. The van der Waals surface area contributed by atoms with Crippen molar-refractivity contribution in [3.8, 4) is 17.2 Å². The van der Waals surface area contributed by atoms with Crippen molar-refractivity contribution in [1.82, 2.24) is 4.90 Å². The van der Waals surface area contributed by atoms with Crippen LogP contribution in [0.15, 0.2) is 72.9 Å². The van der Waals surface area contributed by atoms with Gasteiger partial charge < -0.3 is 24.4 Å². The van der Waals surface area contributed by atoms with Crippen LogP contribution in [0.1, 0.15) is 27.9 Å². The van der Waals surface area contributed by atoms with Crippen LogP contribution < -0.4 is 19.5 Å². The monoisotopic (exact) mass is 456 g/mol. The summed E-state index contributed by atoms with van der Waals surface area (Å²) >= 11 is 0. The number of nitrogens with zero attached hydrogens (tertiary/aromatic N) is 1. The zero-order valence-corrected chi connectivity index (χ0v) is 18.9. The van der Waals surface area contributed by atoms with Gasteiger partial charge in [-0.25, -0.2) is 0 Å². The molecule has 3 aromatic carbocycles. The van der Waals surface area contributed by atoms with Crippen LogP contribution >= 0.6 is 0 Å². The fourth-order valence-corrected chi connectivity index (χ4v) is 4.24. The maximum absolute atomic E-state index is 13.5. The molecule has 2 aliphatic heterocycles. The molecule has 0 fully saturated rings. The summed E-state index contributed by atoms with van der Waals surface area (Å²) in [5, 5.41) is 2.91. The first-order valence-electron chi connectivity index (χ1n) is 10.9. The van der Waals surface area contributed by atoms with Gasteiger partial charge in [-0.2, -0.15) is 0 Å². The van der Waals surface area contributed by atoms with Gasteiger partial charge in [-0.15, -0.1) is 0 Å². The molecule has 5 rings (SSSR count). The topological polar surface area (TPSA) is 77.1 Å². The van der Waals surface area contributed by atoms with Crippen molar-refractivity contribution in [2.45, 2.75) is 19.1 Å². The lowest BCUT2D eigenvalue weighted by molar-refractivity contribution is -0.119. The Morgan fingerprint density at radius 3 is 2.41 bits per heavy atom. The Morgan fingerprint density at radius 1 is 0.941 bits per heavy atom. The van der Waals surface area contributed by atoms with Gasteiger partial charge in [-0.05, 0) is 34.9 Å². The Labute approximate surface area is 197 Å². The van der Waals surface area contributed by atoms with Crippen LogP contribution in [-0.4, -0.2) is 37.0 Å². The molecule has 3 aromatic rings. The van der Waals surface area contributed by atoms with Crippen LogP contribution in [0.5, 0.6) is 17.2 Å². The first-order valence-corrected chi connectivity index (χ1v) is 10.9. The maximum atomic E-state index is 13.5. The van der Waals surface area contributed by atoms with E-state index in [2.05, 4.69) is 5.32 Å². The molecular weight excluding hydrogens is 432 g/mol. The van der Waals surface area contributed by atoms with Gasteiger partial charge in [0, 0.05) is 18.7 Å². The number of ether oxygens (including phenoxy) is 3. The molecule has 2 aliphatic rings. The van der Waals surface area contributed by atoms with E-state index < -0.39 is 6.04 Å². The van der Waals surface area contributed by atoms with Gasteiger partial charge in [0.25, 0.3) is 5.91 Å². The molecule has 0 spiro atoms. The largest absolute Gasteiger partial charge is 0.497 e. The third-order valence-corrected chi connectivity index (χ3v) is 6.07. The lowest BCUT2D eigenvalue weighted by Gasteiger charge is -2.18. The Kier molecular flexibility index (Phi) is 5.67. The zero-order valence-electron chi connectivity index (χ0n) is 18.9. The molecule has 0 bridgehead atoms. The van der Waals surface area contributed by atoms with Gasteiger partial charge in [0.1, 0.15) is 18.4 Å². The maximum Gasteiger partial charge on any atom is 0.260 e. The first-order chi connectivity index (χ1) is 16.6. The molecule has 1 N–H and O–H groups in total. The van der Waals surface area contributed by atoms with Crippen molar-refractivity contribution < 1.29 is 23.8 Å². The van der Waals surface area contributed by atoms with Crippen molar-refractivity contribution in [3.63, 3.8) is 0 Å². The van der Waals surface area contributed by atoms with Crippen molar-refractivity contribution in [1.29, 1.82) is 0 Å². The third kappa shape index (κ3) is 3.96. The Balaban J connectivity index is 1.45. The predicted octanol–water partition coefficient (Wildman–Crippen LogP) is 4.49. The van der Waals surface area contributed by atoms with Crippen LogP contribution in [0, 0.1) is 0 Å². The summed E-state index contributed by atoms with van der Waals surface area (Å²) in [6, 6.07) is 20.0. The number of methoxy groups -OCH3 is 2. The summed E-state index contributed by atoms with van der Waals surface area (Å²) in [4.78, 5) is 28.1. The normalized spacial score (nSPS) is 16.7. The summed E-state index contributed by atoms with van der Waals surface area (Å²) in [5.74, 6) is 1.11. The molecule has 7 heteroatoms. The molecule has 0 saturated heterocycles. The van der Waals surface area contributed by atoms with Crippen molar-refractivity contribution in [2.75, 3.05) is 19.5 Å². The number of amides is 2. The predicted molar refractivity (Wildman–Crippen MR) is 128 cm³/mol. The number of carbonyl (C=O) groups excluding carboxylic acids is 2. The molecule has 172 valence electrons. The highest BCUT2D eigenvalue weighted by molar-refractivity contribution is 6.12. The van der Waals surface area contributed by atoms with Gasteiger partial charge >= 0.3 is 0 Å². The van der Waals surface area contributed by atoms with Gasteiger partial charge in [0.05, 0.1) is 25.5 Å². The molecule has 0 aromatic heterocycles. The van der Waals surface area contributed by atoms with Gasteiger partial charge in [0.2, 0.25) is 5.91 Å². The first kappa shape index (κ1) is 21.6. The second-order valence-electron chi connectivity index (χ2n) is 8.13. The van der Waals surface area contributed by atoms with E-state index in [9.17, 15) is 9.59 Å². The minimum Gasteiger partial charge on any atom is -0.497 e. The molecule has 0 saturated carbocycles. The standard InChI is InChI=1S/C27H24N2O5/c1-32-20-10-8-18(9-11-20)19-12-23-26(30)28-22-14-25(34-16-17-6-4-3-5-7-17)24(33-2)13-21(22)27(31)29(23)15-19/h3-11,13-15,23H,12,16H2,1-2H3,(H,28,30)/t23-/m0/s1. The highest BCUT2D eigenvalue weighted by atomic mass is 16.5. The van der Waals surface area contributed by atoms with Crippen LogP contribution in [-0.2, 0) is 11.4 Å². The average Bonchev–Trinajstić information content (AvgIpc) is 3.30. The summed E-state index contributed by atoms with van der Waals surface area (Å²) in [6.45, 7) is 0.334. The number of benzene rings is 3. The summed E-state index contributed by atoms with van der Waals surface area (Å²) in [6.07, 6.45) is 2.18.